The standard InChI is InChI=1S/C20H18N2O5/c1-12-4-2-3-5-14(12)18-21-19(27-22-18)13-6-7-17-15(8-13)16(25)9-20(10-23,11-24)26-17/h2-8,23-24H,9-11H2,1H3. The third-order valence-corrected chi connectivity index (χ3v) is 4.72. The van der Waals surface area contributed by atoms with Gasteiger partial charge in [0.25, 0.3) is 5.89 Å². The lowest BCUT2D eigenvalue weighted by molar-refractivity contribution is -0.0403. The summed E-state index contributed by atoms with van der Waals surface area (Å²) in [6.07, 6.45) is -0.102. The molecule has 4 rings (SSSR count). The summed E-state index contributed by atoms with van der Waals surface area (Å²) < 4.78 is 11.1. The summed E-state index contributed by atoms with van der Waals surface area (Å²) in [4.78, 5) is 16.9. The van der Waals surface area contributed by atoms with Crippen LogP contribution in [-0.4, -0.2) is 45.0 Å². The molecule has 0 saturated carbocycles. The van der Waals surface area contributed by atoms with E-state index in [0.717, 1.165) is 11.1 Å². The minimum Gasteiger partial charge on any atom is -0.481 e. The second-order valence-electron chi connectivity index (χ2n) is 6.65. The molecule has 2 heterocycles. The molecule has 0 bridgehead atoms. The highest BCUT2D eigenvalue weighted by Gasteiger charge is 2.40. The third kappa shape index (κ3) is 3.01. The van der Waals surface area contributed by atoms with E-state index in [1.807, 2.05) is 31.2 Å². The van der Waals surface area contributed by atoms with Crippen LogP contribution in [0, 0.1) is 6.92 Å². The maximum absolute atomic E-state index is 12.5. The van der Waals surface area contributed by atoms with Crippen LogP contribution in [-0.2, 0) is 0 Å². The van der Waals surface area contributed by atoms with Crippen molar-refractivity contribution in [2.45, 2.75) is 18.9 Å². The number of hydrogen-bond acceptors (Lipinski definition) is 7. The van der Waals surface area contributed by atoms with Gasteiger partial charge in [-0.15, -0.1) is 0 Å². The summed E-state index contributed by atoms with van der Waals surface area (Å²) in [6.45, 7) is 1.08. The Morgan fingerprint density at radius 2 is 1.89 bits per heavy atom. The highest BCUT2D eigenvalue weighted by atomic mass is 16.5. The molecular formula is C20H18N2O5. The van der Waals surface area contributed by atoms with Gasteiger partial charge in [-0.1, -0.05) is 29.4 Å². The van der Waals surface area contributed by atoms with E-state index in [2.05, 4.69) is 10.1 Å². The minimum atomic E-state index is -1.28. The monoisotopic (exact) mass is 366 g/mol. The molecule has 7 nitrogen and oxygen atoms in total. The Bertz CT molecular complexity index is 1010. The number of aryl methyl sites for hydroxylation is 1. The molecule has 1 aliphatic heterocycles. The molecule has 0 atom stereocenters. The van der Waals surface area contributed by atoms with Gasteiger partial charge in [-0.3, -0.25) is 4.79 Å². The molecule has 7 heteroatoms. The lowest BCUT2D eigenvalue weighted by Gasteiger charge is -2.34. The van der Waals surface area contributed by atoms with Crippen molar-refractivity contribution in [2.24, 2.45) is 0 Å². The number of aromatic nitrogens is 2. The van der Waals surface area contributed by atoms with Crippen molar-refractivity contribution in [1.82, 2.24) is 10.1 Å². The molecule has 0 amide bonds. The van der Waals surface area contributed by atoms with Gasteiger partial charge in [-0.05, 0) is 30.7 Å². The van der Waals surface area contributed by atoms with Crippen LogP contribution in [0.2, 0.25) is 0 Å². The second kappa shape index (κ2) is 6.61. The Hall–Kier alpha value is -3.03. The molecular weight excluding hydrogens is 348 g/mol. The largest absolute Gasteiger partial charge is 0.481 e. The van der Waals surface area contributed by atoms with E-state index < -0.39 is 18.8 Å². The van der Waals surface area contributed by atoms with Crippen LogP contribution in [0.15, 0.2) is 47.0 Å². The number of aliphatic hydroxyl groups excluding tert-OH is 2. The Balaban J connectivity index is 1.69. The van der Waals surface area contributed by atoms with Crippen LogP contribution in [0.1, 0.15) is 22.3 Å². The van der Waals surface area contributed by atoms with Gasteiger partial charge in [-0.2, -0.15) is 4.98 Å². The van der Waals surface area contributed by atoms with Gasteiger partial charge in [0.2, 0.25) is 5.82 Å². The van der Waals surface area contributed by atoms with Crippen LogP contribution in [0.25, 0.3) is 22.8 Å². The Labute approximate surface area is 155 Å². The molecule has 2 N–H and O–H groups in total. The first-order chi connectivity index (χ1) is 13.0. The van der Waals surface area contributed by atoms with Gasteiger partial charge in [0.15, 0.2) is 11.4 Å². The Kier molecular flexibility index (Phi) is 4.25. The average Bonchev–Trinajstić information content (AvgIpc) is 3.18. The van der Waals surface area contributed by atoms with Gasteiger partial charge in [0.05, 0.1) is 25.2 Å². The molecule has 1 aromatic heterocycles. The highest BCUT2D eigenvalue weighted by molar-refractivity contribution is 6.01. The summed E-state index contributed by atoms with van der Waals surface area (Å²) in [5.41, 5.74) is 1.58. The van der Waals surface area contributed by atoms with Gasteiger partial charge >= 0.3 is 0 Å². The predicted molar refractivity (Wildman–Crippen MR) is 96.4 cm³/mol. The van der Waals surface area contributed by atoms with Crippen LogP contribution < -0.4 is 4.74 Å². The zero-order valence-electron chi connectivity index (χ0n) is 14.7. The number of carbonyl (C=O) groups is 1. The van der Waals surface area contributed by atoms with Crippen molar-refractivity contribution in [3.05, 3.63) is 53.6 Å². The van der Waals surface area contributed by atoms with Crippen molar-refractivity contribution < 1.29 is 24.3 Å². The van der Waals surface area contributed by atoms with E-state index in [-0.39, 0.29) is 12.2 Å². The van der Waals surface area contributed by atoms with Gasteiger partial charge in [0, 0.05) is 11.1 Å². The number of ketones is 1. The quantitative estimate of drug-likeness (QED) is 0.730. The number of benzene rings is 2. The zero-order chi connectivity index (χ0) is 19.0. The summed E-state index contributed by atoms with van der Waals surface area (Å²) in [7, 11) is 0. The van der Waals surface area contributed by atoms with Crippen LogP contribution in [0.3, 0.4) is 0 Å². The molecule has 27 heavy (non-hydrogen) atoms. The van der Waals surface area contributed by atoms with Crippen molar-refractivity contribution in [3.63, 3.8) is 0 Å². The first-order valence-electron chi connectivity index (χ1n) is 8.53. The number of Topliss-reactive ketones (excluding diaryl/α,β-unsaturated/α-hetero) is 1. The fourth-order valence-electron chi connectivity index (χ4n) is 3.13. The maximum Gasteiger partial charge on any atom is 0.258 e. The molecule has 3 aromatic rings. The molecule has 138 valence electrons. The minimum absolute atomic E-state index is 0.102. The zero-order valence-corrected chi connectivity index (χ0v) is 14.7. The topological polar surface area (TPSA) is 106 Å². The summed E-state index contributed by atoms with van der Waals surface area (Å²) in [5.74, 6) is 0.865. The normalized spacial score (nSPS) is 15.3. The number of rotatable bonds is 4. The van der Waals surface area contributed by atoms with Crippen molar-refractivity contribution in [3.8, 4) is 28.6 Å². The first kappa shape index (κ1) is 17.4. The van der Waals surface area contributed by atoms with E-state index in [4.69, 9.17) is 9.26 Å². The number of aliphatic hydroxyl groups is 2. The summed E-state index contributed by atoms with van der Waals surface area (Å²) in [6, 6.07) is 12.7. The molecule has 0 saturated heterocycles. The average molecular weight is 366 g/mol. The van der Waals surface area contributed by atoms with Crippen molar-refractivity contribution in [1.29, 1.82) is 0 Å². The summed E-state index contributed by atoms with van der Waals surface area (Å²) >= 11 is 0. The molecule has 2 aromatic carbocycles. The number of nitrogens with zero attached hydrogens (tertiary/aromatic N) is 2. The molecule has 0 fully saturated rings. The van der Waals surface area contributed by atoms with Gasteiger partial charge in [0.1, 0.15) is 5.75 Å². The van der Waals surface area contributed by atoms with Crippen molar-refractivity contribution in [2.75, 3.05) is 13.2 Å². The van der Waals surface area contributed by atoms with Gasteiger partial charge in [-0.25, -0.2) is 0 Å². The third-order valence-electron chi connectivity index (χ3n) is 4.72. The Morgan fingerprint density at radius 1 is 1.11 bits per heavy atom. The van der Waals surface area contributed by atoms with E-state index in [1.54, 1.807) is 18.2 Å². The van der Waals surface area contributed by atoms with Crippen LogP contribution >= 0.6 is 0 Å². The van der Waals surface area contributed by atoms with E-state index in [9.17, 15) is 15.0 Å². The van der Waals surface area contributed by atoms with E-state index in [0.29, 0.717) is 28.6 Å². The highest BCUT2D eigenvalue weighted by Crippen LogP contribution is 2.36. The maximum atomic E-state index is 12.5. The predicted octanol–water partition coefficient (Wildman–Crippen LogP) is 2.40. The number of fused-ring (bicyclic) bond motifs is 1. The molecule has 0 radical (unpaired) electrons. The molecule has 0 spiro atoms. The number of ether oxygens (including phenoxy) is 1. The lowest BCUT2D eigenvalue weighted by atomic mass is 9.90. The first-order valence-corrected chi connectivity index (χ1v) is 8.53. The fraction of sp³-hybridized carbons (Fsp3) is 0.250. The fourth-order valence-corrected chi connectivity index (χ4v) is 3.13. The smallest absolute Gasteiger partial charge is 0.258 e. The molecule has 0 unspecified atom stereocenters. The second-order valence-corrected chi connectivity index (χ2v) is 6.65. The molecule has 1 aliphatic rings. The van der Waals surface area contributed by atoms with Crippen molar-refractivity contribution >= 4 is 5.78 Å². The van der Waals surface area contributed by atoms with Gasteiger partial charge < -0.3 is 19.5 Å². The molecule has 0 aliphatic carbocycles. The SMILES string of the molecule is Cc1ccccc1-c1noc(-c2ccc3c(c2)C(=O)CC(CO)(CO)O3)n1. The van der Waals surface area contributed by atoms with E-state index >= 15 is 0 Å². The Morgan fingerprint density at radius 3 is 2.63 bits per heavy atom. The van der Waals surface area contributed by atoms with E-state index in [1.165, 1.54) is 0 Å². The summed E-state index contributed by atoms with van der Waals surface area (Å²) in [5, 5.41) is 23.0. The van der Waals surface area contributed by atoms with Crippen LogP contribution in [0.5, 0.6) is 5.75 Å². The number of carbonyl (C=O) groups excluding carboxylic acids is 1. The van der Waals surface area contributed by atoms with Crippen LogP contribution in [0.4, 0.5) is 0 Å². The number of hydrogen-bond donors (Lipinski definition) is 2. The lowest BCUT2D eigenvalue weighted by Crippen LogP contribution is -2.48.